The molecule has 2 aromatic heterocycles. The van der Waals surface area contributed by atoms with Gasteiger partial charge in [-0.2, -0.15) is 5.26 Å². The summed E-state index contributed by atoms with van der Waals surface area (Å²) in [5.74, 6) is 0.105. The van der Waals surface area contributed by atoms with Gasteiger partial charge >= 0.3 is 0 Å². The fraction of sp³-hybridized carbons (Fsp3) is 0.440. The Hall–Kier alpha value is -3.09. The van der Waals surface area contributed by atoms with Crippen LogP contribution in [0.3, 0.4) is 0 Å². The molecule has 0 spiro atoms. The van der Waals surface area contributed by atoms with Crippen LogP contribution in [0.2, 0.25) is 0 Å². The summed E-state index contributed by atoms with van der Waals surface area (Å²) in [6.45, 7) is 6.50. The SMILES string of the molecule is CCN(CC)C1CCC(Nc2c(S(C)(=O)=O)cnc3ccc(-c4cnc(C#N)nc4)cc23)CC1. The summed E-state index contributed by atoms with van der Waals surface area (Å²) in [7, 11) is -3.49. The van der Waals surface area contributed by atoms with Gasteiger partial charge in [0.2, 0.25) is 5.82 Å². The molecule has 0 aliphatic heterocycles. The highest BCUT2D eigenvalue weighted by Gasteiger charge is 2.26. The first-order valence-corrected chi connectivity index (χ1v) is 13.6. The molecule has 178 valence electrons. The quantitative estimate of drug-likeness (QED) is 0.542. The Morgan fingerprint density at radius 3 is 2.29 bits per heavy atom. The van der Waals surface area contributed by atoms with E-state index in [1.807, 2.05) is 24.3 Å². The van der Waals surface area contributed by atoms with Crippen LogP contribution in [0.5, 0.6) is 0 Å². The number of nitriles is 1. The molecule has 1 fully saturated rings. The molecule has 1 N–H and O–H groups in total. The topological polar surface area (TPSA) is 112 Å². The number of fused-ring (bicyclic) bond motifs is 1. The van der Waals surface area contributed by atoms with Crippen molar-refractivity contribution in [1.82, 2.24) is 19.9 Å². The molecule has 8 nitrogen and oxygen atoms in total. The van der Waals surface area contributed by atoms with Gasteiger partial charge in [0.05, 0.1) is 11.2 Å². The molecule has 34 heavy (non-hydrogen) atoms. The van der Waals surface area contributed by atoms with Gasteiger partial charge in [-0.1, -0.05) is 19.9 Å². The van der Waals surface area contributed by atoms with Crippen LogP contribution in [0.15, 0.2) is 41.7 Å². The summed E-state index contributed by atoms with van der Waals surface area (Å²) in [5.41, 5.74) is 2.90. The summed E-state index contributed by atoms with van der Waals surface area (Å²) in [6, 6.07) is 8.39. The van der Waals surface area contributed by atoms with Crippen LogP contribution in [-0.2, 0) is 9.84 Å². The summed E-state index contributed by atoms with van der Waals surface area (Å²) >= 11 is 0. The standard InChI is InChI=1S/C25H30N6O2S/c1-4-31(5-2)20-9-7-19(8-10-20)30-25-21-12-17(18-14-28-24(13-26)29-15-18)6-11-22(21)27-16-23(25)34(3,32)33/h6,11-12,14-16,19-20H,4-5,7-10H2,1-3H3,(H,27,30). The third-order valence-electron chi connectivity index (χ3n) is 6.69. The van der Waals surface area contributed by atoms with E-state index in [2.05, 4.69) is 39.0 Å². The van der Waals surface area contributed by atoms with Gasteiger partial charge in [-0.3, -0.25) is 4.98 Å². The van der Waals surface area contributed by atoms with Crippen molar-refractivity contribution >= 4 is 26.4 Å². The van der Waals surface area contributed by atoms with Crippen LogP contribution in [-0.4, -0.2) is 59.7 Å². The number of aromatic nitrogens is 3. The average molecular weight is 479 g/mol. The van der Waals surface area contributed by atoms with Gasteiger partial charge < -0.3 is 10.2 Å². The van der Waals surface area contributed by atoms with Crippen molar-refractivity contribution < 1.29 is 8.42 Å². The first-order chi connectivity index (χ1) is 16.3. The minimum Gasteiger partial charge on any atom is -0.381 e. The molecule has 4 rings (SSSR count). The highest BCUT2D eigenvalue weighted by molar-refractivity contribution is 7.90. The summed E-state index contributed by atoms with van der Waals surface area (Å²) in [4.78, 5) is 15.3. The van der Waals surface area contributed by atoms with Crippen molar-refractivity contribution in [3.8, 4) is 17.2 Å². The second kappa shape index (κ2) is 10.0. The van der Waals surface area contributed by atoms with Gasteiger partial charge in [0, 0.05) is 47.9 Å². The number of nitrogens with one attached hydrogen (secondary N) is 1. The molecule has 9 heteroatoms. The van der Waals surface area contributed by atoms with Gasteiger partial charge in [-0.05, 0) is 56.5 Å². The lowest BCUT2D eigenvalue weighted by Crippen LogP contribution is -2.40. The number of benzene rings is 1. The predicted octanol–water partition coefficient (Wildman–Crippen LogP) is 4.03. The third kappa shape index (κ3) is 5.03. The smallest absolute Gasteiger partial charge is 0.232 e. The highest BCUT2D eigenvalue weighted by atomic mass is 32.2. The monoisotopic (exact) mass is 478 g/mol. The van der Waals surface area contributed by atoms with Crippen molar-refractivity contribution in [3.05, 3.63) is 42.6 Å². The van der Waals surface area contributed by atoms with E-state index < -0.39 is 9.84 Å². The Bertz CT molecular complexity index is 1310. The van der Waals surface area contributed by atoms with Gasteiger partial charge in [0.15, 0.2) is 9.84 Å². The Balaban J connectivity index is 1.70. The van der Waals surface area contributed by atoms with Crippen LogP contribution in [0.25, 0.3) is 22.0 Å². The summed E-state index contributed by atoms with van der Waals surface area (Å²) < 4.78 is 25.3. The van der Waals surface area contributed by atoms with Gasteiger partial charge in [0.25, 0.3) is 0 Å². The average Bonchev–Trinajstić information content (AvgIpc) is 2.85. The molecular weight excluding hydrogens is 448 g/mol. The molecule has 0 bridgehead atoms. The Morgan fingerprint density at radius 2 is 1.71 bits per heavy atom. The first kappa shape index (κ1) is 24.0. The molecule has 0 amide bonds. The van der Waals surface area contributed by atoms with Crippen LogP contribution in [0.1, 0.15) is 45.4 Å². The second-order valence-electron chi connectivity index (χ2n) is 8.78. The van der Waals surface area contributed by atoms with E-state index in [0.29, 0.717) is 17.2 Å². The normalized spacial score (nSPS) is 18.7. The van der Waals surface area contributed by atoms with E-state index in [0.717, 1.165) is 55.3 Å². The number of anilines is 1. The Kier molecular flexibility index (Phi) is 7.10. The molecule has 2 heterocycles. The Labute approximate surface area is 201 Å². The number of hydrogen-bond donors (Lipinski definition) is 1. The van der Waals surface area contributed by atoms with E-state index in [1.54, 1.807) is 12.4 Å². The molecule has 1 aromatic carbocycles. The highest BCUT2D eigenvalue weighted by Crippen LogP contribution is 2.35. The van der Waals surface area contributed by atoms with E-state index >= 15 is 0 Å². The fourth-order valence-electron chi connectivity index (χ4n) is 4.85. The second-order valence-corrected chi connectivity index (χ2v) is 10.8. The van der Waals surface area contributed by atoms with Crippen molar-refractivity contribution in [3.63, 3.8) is 0 Å². The minimum atomic E-state index is -3.49. The third-order valence-corrected chi connectivity index (χ3v) is 7.80. The lowest BCUT2D eigenvalue weighted by atomic mass is 9.89. The van der Waals surface area contributed by atoms with E-state index in [4.69, 9.17) is 5.26 Å². The molecule has 1 saturated carbocycles. The lowest BCUT2D eigenvalue weighted by Gasteiger charge is -2.36. The van der Waals surface area contributed by atoms with Crippen LogP contribution < -0.4 is 5.32 Å². The van der Waals surface area contributed by atoms with Crippen molar-refractivity contribution in [1.29, 1.82) is 5.26 Å². The number of pyridine rings is 1. The molecule has 0 saturated heterocycles. The first-order valence-electron chi connectivity index (χ1n) is 11.7. The maximum atomic E-state index is 12.6. The number of sulfone groups is 1. The zero-order valence-corrected chi connectivity index (χ0v) is 20.6. The fourth-order valence-corrected chi connectivity index (χ4v) is 5.63. The van der Waals surface area contributed by atoms with Gasteiger partial charge in [0.1, 0.15) is 11.0 Å². The molecule has 0 unspecified atom stereocenters. The lowest BCUT2D eigenvalue weighted by molar-refractivity contribution is 0.167. The minimum absolute atomic E-state index is 0.105. The Morgan fingerprint density at radius 1 is 1.03 bits per heavy atom. The zero-order chi connectivity index (χ0) is 24.3. The van der Waals surface area contributed by atoms with Crippen LogP contribution in [0, 0.1) is 11.3 Å². The number of rotatable bonds is 7. The molecule has 3 aromatic rings. The molecule has 0 atom stereocenters. The summed E-state index contributed by atoms with van der Waals surface area (Å²) in [5, 5.41) is 13.3. The maximum absolute atomic E-state index is 12.6. The van der Waals surface area contributed by atoms with Crippen molar-refractivity contribution in [2.75, 3.05) is 24.7 Å². The van der Waals surface area contributed by atoms with E-state index in [1.165, 1.54) is 12.5 Å². The van der Waals surface area contributed by atoms with E-state index in [-0.39, 0.29) is 16.8 Å². The predicted molar refractivity (Wildman–Crippen MR) is 133 cm³/mol. The molecule has 1 aliphatic rings. The molecule has 1 aliphatic carbocycles. The number of hydrogen-bond acceptors (Lipinski definition) is 8. The van der Waals surface area contributed by atoms with Gasteiger partial charge in [-0.15, -0.1) is 0 Å². The maximum Gasteiger partial charge on any atom is 0.232 e. The van der Waals surface area contributed by atoms with Crippen LogP contribution >= 0.6 is 0 Å². The van der Waals surface area contributed by atoms with Crippen molar-refractivity contribution in [2.24, 2.45) is 0 Å². The molecule has 0 radical (unpaired) electrons. The van der Waals surface area contributed by atoms with Gasteiger partial charge in [-0.25, -0.2) is 18.4 Å². The van der Waals surface area contributed by atoms with E-state index in [9.17, 15) is 8.42 Å². The van der Waals surface area contributed by atoms with Crippen molar-refractivity contribution in [2.45, 2.75) is 56.5 Å². The summed E-state index contributed by atoms with van der Waals surface area (Å²) in [6.07, 6.45) is 10.0. The number of nitrogens with zero attached hydrogens (tertiary/aromatic N) is 5. The zero-order valence-electron chi connectivity index (χ0n) is 19.8. The largest absolute Gasteiger partial charge is 0.381 e. The van der Waals surface area contributed by atoms with Crippen LogP contribution in [0.4, 0.5) is 5.69 Å². The molecular formula is C25H30N6O2S.